The minimum absolute atomic E-state index is 0.358. The van der Waals surface area contributed by atoms with Gasteiger partial charge in [-0.3, -0.25) is 4.90 Å². The highest BCUT2D eigenvalue weighted by Crippen LogP contribution is 2.23. The van der Waals surface area contributed by atoms with Crippen molar-refractivity contribution in [2.75, 3.05) is 13.1 Å². The minimum Gasteiger partial charge on any atom is -0.478 e. The lowest BCUT2D eigenvalue weighted by molar-refractivity contribution is 0.0696. The van der Waals surface area contributed by atoms with E-state index in [4.69, 9.17) is 9.52 Å². The van der Waals surface area contributed by atoms with Crippen LogP contribution in [0.15, 0.2) is 59.5 Å². The number of nitrogens with zero attached hydrogens (tertiary/aromatic N) is 3. The van der Waals surface area contributed by atoms with E-state index in [0.29, 0.717) is 23.1 Å². The lowest BCUT2D eigenvalue weighted by Gasteiger charge is -2.16. The van der Waals surface area contributed by atoms with E-state index in [1.807, 2.05) is 36.7 Å². The topological polar surface area (TPSA) is 79.5 Å². The number of hydrogen-bond acceptors (Lipinski definition) is 5. The van der Waals surface area contributed by atoms with Gasteiger partial charge in [-0.15, -0.1) is 0 Å². The highest BCUT2D eigenvalue weighted by Gasteiger charge is 2.23. The maximum Gasteiger partial charge on any atom is 0.335 e. The first kappa shape index (κ1) is 17.4. The first-order valence-corrected chi connectivity index (χ1v) is 9.07. The van der Waals surface area contributed by atoms with Crippen LogP contribution in [0.4, 0.5) is 0 Å². The molecule has 3 heterocycles. The number of rotatable bonds is 6. The molecule has 1 aromatic carbocycles. The molecule has 1 N–H and O–H groups in total. The van der Waals surface area contributed by atoms with Gasteiger partial charge < -0.3 is 9.52 Å². The summed E-state index contributed by atoms with van der Waals surface area (Å²) >= 11 is 0. The summed E-state index contributed by atoms with van der Waals surface area (Å²) in [6.07, 6.45) is 7.35. The van der Waals surface area contributed by atoms with Gasteiger partial charge in [0.2, 0.25) is 0 Å². The number of furan rings is 1. The van der Waals surface area contributed by atoms with Gasteiger partial charge in [0.15, 0.2) is 11.6 Å². The van der Waals surface area contributed by atoms with Gasteiger partial charge in [0.25, 0.3) is 0 Å². The summed E-state index contributed by atoms with van der Waals surface area (Å²) in [7, 11) is 0. The molecule has 27 heavy (non-hydrogen) atoms. The van der Waals surface area contributed by atoms with Crippen molar-refractivity contribution in [1.82, 2.24) is 14.9 Å². The third kappa shape index (κ3) is 4.23. The van der Waals surface area contributed by atoms with E-state index in [1.54, 1.807) is 18.4 Å². The van der Waals surface area contributed by atoms with Gasteiger partial charge >= 0.3 is 5.97 Å². The van der Waals surface area contributed by atoms with Crippen molar-refractivity contribution in [3.05, 3.63) is 71.7 Å². The standard InChI is InChI=1S/C21H21N3O3/c25-21(26)18-4-1-3-15(10-18)9-16-6-7-24(13-16)14-17-11-22-20(23-12-17)19-5-2-8-27-19/h1-5,8,10-12,16H,6-7,9,13-14H2,(H,25,26)/t16-/m0/s1. The average Bonchev–Trinajstić information content (AvgIpc) is 3.35. The third-order valence-electron chi connectivity index (χ3n) is 4.92. The summed E-state index contributed by atoms with van der Waals surface area (Å²) in [5.74, 6) is 0.938. The molecular formula is C21H21N3O3. The van der Waals surface area contributed by atoms with Crippen LogP contribution in [0.25, 0.3) is 11.6 Å². The van der Waals surface area contributed by atoms with Crippen LogP contribution in [-0.4, -0.2) is 39.0 Å². The zero-order chi connectivity index (χ0) is 18.6. The summed E-state index contributed by atoms with van der Waals surface area (Å²) in [4.78, 5) is 22.3. The lowest BCUT2D eigenvalue weighted by atomic mass is 9.97. The molecule has 0 saturated carbocycles. The van der Waals surface area contributed by atoms with E-state index in [0.717, 1.165) is 43.6 Å². The number of carbonyl (C=O) groups is 1. The van der Waals surface area contributed by atoms with E-state index in [2.05, 4.69) is 14.9 Å². The van der Waals surface area contributed by atoms with Gasteiger partial charge in [0, 0.05) is 31.0 Å². The Balaban J connectivity index is 1.33. The zero-order valence-electron chi connectivity index (χ0n) is 14.9. The van der Waals surface area contributed by atoms with Crippen LogP contribution in [0.5, 0.6) is 0 Å². The Bertz CT molecular complexity index is 907. The normalized spacial score (nSPS) is 17.3. The van der Waals surface area contributed by atoms with Crippen molar-refractivity contribution in [2.45, 2.75) is 19.4 Å². The maximum atomic E-state index is 11.1. The fourth-order valence-electron chi connectivity index (χ4n) is 3.62. The quantitative estimate of drug-likeness (QED) is 0.722. The second-order valence-corrected chi connectivity index (χ2v) is 6.99. The number of hydrogen-bond donors (Lipinski definition) is 1. The Morgan fingerprint density at radius 3 is 2.78 bits per heavy atom. The largest absolute Gasteiger partial charge is 0.478 e. The van der Waals surface area contributed by atoms with Crippen molar-refractivity contribution < 1.29 is 14.3 Å². The van der Waals surface area contributed by atoms with E-state index >= 15 is 0 Å². The van der Waals surface area contributed by atoms with Crippen LogP contribution in [0.2, 0.25) is 0 Å². The molecule has 1 aliphatic heterocycles. The van der Waals surface area contributed by atoms with Crippen molar-refractivity contribution in [1.29, 1.82) is 0 Å². The summed E-state index contributed by atoms with van der Waals surface area (Å²) in [6.45, 7) is 2.85. The van der Waals surface area contributed by atoms with Crippen molar-refractivity contribution in [3.63, 3.8) is 0 Å². The third-order valence-corrected chi connectivity index (χ3v) is 4.92. The molecule has 1 aliphatic rings. The second kappa shape index (κ2) is 7.72. The number of likely N-dealkylation sites (tertiary alicyclic amines) is 1. The molecule has 0 spiro atoms. The maximum absolute atomic E-state index is 11.1. The predicted octanol–water partition coefficient (Wildman–Crippen LogP) is 3.50. The molecule has 138 valence electrons. The number of aromatic carboxylic acids is 1. The van der Waals surface area contributed by atoms with Gasteiger partial charge in [-0.05, 0) is 55.1 Å². The molecule has 1 atom stereocenters. The van der Waals surface area contributed by atoms with Gasteiger partial charge in [-0.1, -0.05) is 12.1 Å². The van der Waals surface area contributed by atoms with Gasteiger partial charge in [0.05, 0.1) is 11.8 Å². The van der Waals surface area contributed by atoms with Crippen LogP contribution >= 0.6 is 0 Å². The molecule has 0 bridgehead atoms. The first-order chi connectivity index (χ1) is 13.2. The summed E-state index contributed by atoms with van der Waals surface area (Å²) in [5.41, 5.74) is 2.53. The summed E-state index contributed by atoms with van der Waals surface area (Å²) < 4.78 is 5.31. The van der Waals surface area contributed by atoms with Gasteiger partial charge in [-0.2, -0.15) is 0 Å². The molecule has 0 amide bonds. The van der Waals surface area contributed by atoms with E-state index in [-0.39, 0.29) is 0 Å². The number of aromatic nitrogens is 2. The highest BCUT2D eigenvalue weighted by molar-refractivity contribution is 5.87. The Morgan fingerprint density at radius 1 is 1.19 bits per heavy atom. The zero-order valence-corrected chi connectivity index (χ0v) is 14.9. The Kier molecular flexibility index (Phi) is 4.98. The number of carboxylic acid groups (broad SMARTS) is 1. The predicted molar refractivity (Wildman–Crippen MR) is 100 cm³/mol. The number of benzene rings is 1. The van der Waals surface area contributed by atoms with Crippen LogP contribution in [-0.2, 0) is 13.0 Å². The number of carboxylic acids is 1. The molecule has 3 aromatic rings. The van der Waals surface area contributed by atoms with E-state index in [9.17, 15) is 4.79 Å². The fourth-order valence-corrected chi connectivity index (χ4v) is 3.62. The summed E-state index contributed by atoms with van der Waals surface area (Å²) in [6, 6.07) is 10.9. The molecule has 1 fully saturated rings. The van der Waals surface area contributed by atoms with Crippen LogP contribution in [0.1, 0.15) is 27.9 Å². The van der Waals surface area contributed by atoms with Crippen molar-refractivity contribution >= 4 is 5.97 Å². The molecule has 0 radical (unpaired) electrons. The molecule has 6 heteroatoms. The first-order valence-electron chi connectivity index (χ1n) is 9.07. The second-order valence-electron chi connectivity index (χ2n) is 6.99. The lowest BCUT2D eigenvalue weighted by Crippen LogP contribution is -2.21. The van der Waals surface area contributed by atoms with Crippen LogP contribution in [0, 0.1) is 5.92 Å². The monoisotopic (exact) mass is 363 g/mol. The molecule has 6 nitrogen and oxygen atoms in total. The SMILES string of the molecule is O=C(O)c1cccc(C[C@@H]2CCN(Cc3cnc(-c4ccco4)nc3)C2)c1. The molecule has 4 rings (SSSR count). The molecule has 1 saturated heterocycles. The smallest absolute Gasteiger partial charge is 0.335 e. The van der Waals surface area contributed by atoms with Crippen LogP contribution in [0.3, 0.4) is 0 Å². The summed E-state index contributed by atoms with van der Waals surface area (Å²) in [5, 5.41) is 9.13. The molecular weight excluding hydrogens is 342 g/mol. The molecule has 2 aromatic heterocycles. The molecule has 0 aliphatic carbocycles. The fraction of sp³-hybridized carbons (Fsp3) is 0.286. The van der Waals surface area contributed by atoms with Crippen molar-refractivity contribution in [2.24, 2.45) is 5.92 Å². The molecule has 0 unspecified atom stereocenters. The van der Waals surface area contributed by atoms with Crippen molar-refractivity contribution in [3.8, 4) is 11.6 Å². The average molecular weight is 363 g/mol. The highest BCUT2D eigenvalue weighted by atomic mass is 16.4. The van der Waals surface area contributed by atoms with E-state index < -0.39 is 5.97 Å². The van der Waals surface area contributed by atoms with Gasteiger partial charge in [-0.25, -0.2) is 14.8 Å². The van der Waals surface area contributed by atoms with E-state index in [1.165, 1.54) is 0 Å². The minimum atomic E-state index is -0.872. The Labute approximate surface area is 157 Å². The van der Waals surface area contributed by atoms with Crippen LogP contribution < -0.4 is 0 Å². The van der Waals surface area contributed by atoms with Gasteiger partial charge in [0.1, 0.15) is 0 Å². The Morgan fingerprint density at radius 2 is 2.04 bits per heavy atom. The Hall–Kier alpha value is -2.99.